The number of nitrogens with one attached hydrogen (secondary N) is 1. The van der Waals surface area contributed by atoms with Crippen molar-refractivity contribution in [1.82, 2.24) is 10.2 Å². The highest BCUT2D eigenvalue weighted by atomic mass is 79.9. The molecule has 2 nitrogen and oxygen atoms in total. The van der Waals surface area contributed by atoms with Gasteiger partial charge < -0.3 is 5.32 Å². The van der Waals surface area contributed by atoms with Crippen molar-refractivity contribution in [1.29, 1.82) is 0 Å². The van der Waals surface area contributed by atoms with Gasteiger partial charge >= 0.3 is 0 Å². The Labute approximate surface area is 133 Å². The summed E-state index contributed by atoms with van der Waals surface area (Å²) in [5.74, 6) is 0. The third-order valence-corrected chi connectivity index (χ3v) is 4.60. The van der Waals surface area contributed by atoms with Gasteiger partial charge in [0.15, 0.2) is 0 Å². The van der Waals surface area contributed by atoms with Crippen LogP contribution in [0.15, 0.2) is 22.7 Å². The summed E-state index contributed by atoms with van der Waals surface area (Å²) in [4.78, 5) is 2.45. The largest absolute Gasteiger partial charge is 0.313 e. The van der Waals surface area contributed by atoms with Gasteiger partial charge in [0.05, 0.1) is 0 Å². The summed E-state index contributed by atoms with van der Waals surface area (Å²) < 4.78 is 1.23. The molecule has 20 heavy (non-hydrogen) atoms. The summed E-state index contributed by atoms with van der Waals surface area (Å²) in [6.07, 6.45) is 3.60. The fraction of sp³-hybridized carbons (Fsp3) is 0.647. The molecule has 3 heteroatoms. The first-order chi connectivity index (χ1) is 9.62. The minimum atomic E-state index is 0.674. The summed E-state index contributed by atoms with van der Waals surface area (Å²) in [7, 11) is 2.22. The van der Waals surface area contributed by atoms with Crippen molar-refractivity contribution >= 4 is 15.9 Å². The molecule has 0 atom stereocenters. The number of rotatable bonds is 9. The zero-order valence-electron chi connectivity index (χ0n) is 13.4. The third-order valence-electron chi connectivity index (χ3n) is 3.86. The van der Waals surface area contributed by atoms with Gasteiger partial charge in [-0.25, -0.2) is 0 Å². The van der Waals surface area contributed by atoms with E-state index in [1.165, 1.54) is 34.9 Å². The van der Waals surface area contributed by atoms with E-state index in [-0.39, 0.29) is 0 Å². The van der Waals surface area contributed by atoms with Gasteiger partial charge in [-0.1, -0.05) is 48.8 Å². The van der Waals surface area contributed by atoms with E-state index in [4.69, 9.17) is 0 Å². The summed E-state index contributed by atoms with van der Waals surface area (Å²) in [5.41, 5.74) is 2.72. The zero-order valence-corrected chi connectivity index (χ0v) is 15.0. The minimum Gasteiger partial charge on any atom is -0.313 e. The van der Waals surface area contributed by atoms with Crippen LogP contribution in [0.1, 0.15) is 51.2 Å². The number of hydrogen-bond donors (Lipinski definition) is 1. The van der Waals surface area contributed by atoms with Crippen LogP contribution in [0, 0.1) is 0 Å². The van der Waals surface area contributed by atoms with E-state index in [1.807, 2.05) is 0 Å². The van der Waals surface area contributed by atoms with E-state index in [2.05, 4.69) is 72.2 Å². The fourth-order valence-electron chi connectivity index (χ4n) is 2.55. The number of hydrogen-bond acceptors (Lipinski definition) is 2. The lowest BCUT2D eigenvalue weighted by atomic mass is 10.1. The van der Waals surface area contributed by atoms with Crippen LogP contribution in [0.3, 0.4) is 0 Å². The van der Waals surface area contributed by atoms with Crippen LogP contribution < -0.4 is 5.32 Å². The van der Waals surface area contributed by atoms with Gasteiger partial charge in [-0.15, -0.1) is 0 Å². The number of nitrogens with zero attached hydrogens (tertiary/aromatic N) is 1. The average molecular weight is 341 g/mol. The highest BCUT2D eigenvalue weighted by molar-refractivity contribution is 9.10. The Morgan fingerprint density at radius 3 is 2.45 bits per heavy atom. The molecule has 0 aliphatic rings. The first kappa shape index (κ1) is 17.7. The minimum absolute atomic E-state index is 0.674. The molecule has 0 bridgehead atoms. The highest BCUT2D eigenvalue weighted by Gasteiger charge is 2.12. The van der Waals surface area contributed by atoms with Gasteiger partial charge in [0, 0.05) is 23.6 Å². The van der Waals surface area contributed by atoms with Crippen molar-refractivity contribution in [2.45, 2.75) is 59.2 Å². The standard InChI is InChI=1S/C17H29BrN2/c1-5-10-19-12-14-8-9-15(17(18)11-14)13-20(4)16(6-2)7-3/h8-9,11,16,19H,5-7,10,12-13H2,1-4H3. The van der Waals surface area contributed by atoms with Crippen molar-refractivity contribution in [3.8, 4) is 0 Å². The fourth-order valence-corrected chi connectivity index (χ4v) is 3.10. The third kappa shape index (κ3) is 5.55. The zero-order chi connectivity index (χ0) is 15.0. The first-order valence-corrected chi connectivity index (χ1v) is 8.59. The average Bonchev–Trinajstić information content (AvgIpc) is 2.43. The monoisotopic (exact) mass is 340 g/mol. The van der Waals surface area contributed by atoms with Crippen LogP contribution in [0.25, 0.3) is 0 Å². The molecule has 1 rings (SSSR count). The lowest BCUT2D eigenvalue weighted by Gasteiger charge is -2.26. The smallest absolute Gasteiger partial charge is 0.0244 e. The van der Waals surface area contributed by atoms with Gasteiger partial charge in [0.25, 0.3) is 0 Å². The van der Waals surface area contributed by atoms with E-state index in [1.54, 1.807) is 0 Å². The van der Waals surface area contributed by atoms with E-state index in [0.29, 0.717) is 6.04 Å². The van der Waals surface area contributed by atoms with Crippen molar-refractivity contribution in [2.75, 3.05) is 13.6 Å². The maximum atomic E-state index is 3.72. The second-order valence-electron chi connectivity index (χ2n) is 5.49. The Bertz CT molecular complexity index is 389. The molecule has 0 aromatic heterocycles. The predicted molar refractivity (Wildman–Crippen MR) is 92.0 cm³/mol. The van der Waals surface area contributed by atoms with E-state index >= 15 is 0 Å². The normalized spacial score (nSPS) is 11.6. The van der Waals surface area contributed by atoms with Gasteiger partial charge in [-0.3, -0.25) is 4.90 Å². The maximum absolute atomic E-state index is 3.72. The molecule has 1 aromatic carbocycles. The molecule has 0 unspecified atom stereocenters. The van der Waals surface area contributed by atoms with Crippen molar-refractivity contribution in [3.63, 3.8) is 0 Å². The lowest BCUT2D eigenvalue weighted by molar-refractivity contribution is 0.221. The molecular weight excluding hydrogens is 312 g/mol. The van der Waals surface area contributed by atoms with Crippen LogP contribution in [-0.2, 0) is 13.1 Å². The van der Waals surface area contributed by atoms with E-state index in [9.17, 15) is 0 Å². The lowest BCUT2D eigenvalue weighted by Crippen LogP contribution is -2.30. The van der Waals surface area contributed by atoms with Crippen LogP contribution in [-0.4, -0.2) is 24.5 Å². The molecular formula is C17H29BrN2. The molecule has 0 radical (unpaired) electrons. The maximum Gasteiger partial charge on any atom is 0.0244 e. The molecule has 1 N–H and O–H groups in total. The molecule has 114 valence electrons. The highest BCUT2D eigenvalue weighted by Crippen LogP contribution is 2.21. The Balaban J connectivity index is 2.63. The number of halogens is 1. The van der Waals surface area contributed by atoms with Gasteiger partial charge in [0.1, 0.15) is 0 Å². The van der Waals surface area contributed by atoms with Crippen LogP contribution in [0.4, 0.5) is 0 Å². The Morgan fingerprint density at radius 1 is 1.20 bits per heavy atom. The van der Waals surface area contributed by atoms with Crippen LogP contribution in [0.5, 0.6) is 0 Å². The molecule has 0 aliphatic heterocycles. The Kier molecular flexibility index (Phi) is 8.43. The predicted octanol–water partition coefficient (Wildman–Crippen LogP) is 4.57. The second kappa shape index (κ2) is 9.54. The summed E-state index contributed by atoms with van der Waals surface area (Å²) in [6, 6.07) is 7.42. The number of benzene rings is 1. The molecule has 0 amide bonds. The van der Waals surface area contributed by atoms with Crippen molar-refractivity contribution in [2.24, 2.45) is 0 Å². The molecule has 0 heterocycles. The van der Waals surface area contributed by atoms with E-state index < -0.39 is 0 Å². The topological polar surface area (TPSA) is 15.3 Å². The molecule has 0 aliphatic carbocycles. The van der Waals surface area contributed by atoms with Gasteiger partial charge in [-0.2, -0.15) is 0 Å². The quantitative estimate of drug-likeness (QED) is 0.662. The second-order valence-corrected chi connectivity index (χ2v) is 6.34. The van der Waals surface area contributed by atoms with Crippen LogP contribution in [0.2, 0.25) is 0 Å². The molecule has 0 saturated heterocycles. The first-order valence-electron chi connectivity index (χ1n) is 7.80. The van der Waals surface area contributed by atoms with Crippen molar-refractivity contribution < 1.29 is 0 Å². The Morgan fingerprint density at radius 2 is 1.90 bits per heavy atom. The van der Waals surface area contributed by atoms with Crippen LogP contribution >= 0.6 is 15.9 Å². The molecule has 0 spiro atoms. The summed E-state index contributed by atoms with van der Waals surface area (Å²) in [5, 5.41) is 3.44. The summed E-state index contributed by atoms with van der Waals surface area (Å²) >= 11 is 3.72. The molecule has 1 aromatic rings. The van der Waals surface area contributed by atoms with Gasteiger partial charge in [-0.05, 0) is 50.0 Å². The van der Waals surface area contributed by atoms with E-state index in [0.717, 1.165) is 19.6 Å². The van der Waals surface area contributed by atoms with Gasteiger partial charge in [0.2, 0.25) is 0 Å². The molecule has 0 fully saturated rings. The SMILES string of the molecule is CCCNCc1ccc(CN(C)C(CC)CC)c(Br)c1. The summed E-state index contributed by atoms with van der Waals surface area (Å²) in [6.45, 7) is 9.77. The molecule has 0 saturated carbocycles. The van der Waals surface area contributed by atoms with Crippen molar-refractivity contribution in [3.05, 3.63) is 33.8 Å². The Hall–Kier alpha value is -0.380.